The topological polar surface area (TPSA) is 40.5 Å². The summed E-state index contributed by atoms with van der Waals surface area (Å²) in [4.78, 5) is 0. The molecular formula is C19H18O2. The lowest BCUT2D eigenvalue weighted by atomic mass is 9.93. The van der Waals surface area contributed by atoms with E-state index in [2.05, 4.69) is 6.07 Å². The van der Waals surface area contributed by atoms with Crippen LogP contribution in [0, 0.1) is 0 Å². The van der Waals surface area contributed by atoms with Gasteiger partial charge in [-0.05, 0) is 27.5 Å². The highest BCUT2D eigenvalue weighted by atomic mass is 16.3. The Morgan fingerprint density at radius 3 is 2.29 bits per heavy atom. The minimum Gasteiger partial charge on any atom is -0.392 e. The summed E-state index contributed by atoms with van der Waals surface area (Å²) in [5.41, 5.74) is 2.80. The van der Waals surface area contributed by atoms with E-state index in [-0.39, 0.29) is 6.61 Å². The Kier molecular flexibility index (Phi) is 4.00. The van der Waals surface area contributed by atoms with Gasteiger partial charge in [-0.2, -0.15) is 0 Å². The van der Waals surface area contributed by atoms with Crippen LogP contribution in [0.5, 0.6) is 0 Å². The van der Waals surface area contributed by atoms with Crippen LogP contribution in [-0.4, -0.2) is 10.2 Å². The molecule has 1 atom stereocenters. The average molecular weight is 278 g/mol. The lowest BCUT2D eigenvalue weighted by molar-refractivity contribution is 0.177. The van der Waals surface area contributed by atoms with E-state index in [9.17, 15) is 10.2 Å². The van der Waals surface area contributed by atoms with Gasteiger partial charge in [0.1, 0.15) is 0 Å². The zero-order valence-electron chi connectivity index (χ0n) is 11.7. The molecule has 1 unspecified atom stereocenters. The lowest BCUT2D eigenvalue weighted by Crippen LogP contribution is -2.05. The second-order valence-corrected chi connectivity index (χ2v) is 5.21. The van der Waals surface area contributed by atoms with Crippen LogP contribution in [0.4, 0.5) is 0 Å². The molecule has 0 saturated carbocycles. The van der Waals surface area contributed by atoms with Crippen molar-refractivity contribution in [1.29, 1.82) is 0 Å². The van der Waals surface area contributed by atoms with Crippen LogP contribution in [0.3, 0.4) is 0 Å². The molecule has 0 aliphatic carbocycles. The summed E-state index contributed by atoms with van der Waals surface area (Å²) in [5.74, 6) is 0. The first-order valence-corrected chi connectivity index (χ1v) is 7.13. The van der Waals surface area contributed by atoms with Gasteiger partial charge < -0.3 is 10.2 Å². The van der Waals surface area contributed by atoms with Gasteiger partial charge in [0.2, 0.25) is 0 Å². The smallest absolute Gasteiger partial charge is 0.0830 e. The van der Waals surface area contributed by atoms with Gasteiger partial charge in [0.25, 0.3) is 0 Å². The van der Waals surface area contributed by atoms with Gasteiger partial charge >= 0.3 is 0 Å². The summed E-state index contributed by atoms with van der Waals surface area (Å²) in [6.07, 6.45) is -0.0661. The molecule has 0 aliphatic rings. The Balaban J connectivity index is 2.03. The van der Waals surface area contributed by atoms with E-state index in [1.165, 1.54) is 0 Å². The predicted octanol–water partition coefficient (Wildman–Crippen LogP) is 3.61. The van der Waals surface area contributed by atoms with Crippen molar-refractivity contribution in [2.24, 2.45) is 0 Å². The number of fused-ring (bicyclic) bond motifs is 1. The maximum Gasteiger partial charge on any atom is 0.0830 e. The molecule has 2 heteroatoms. The summed E-state index contributed by atoms with van der Waals surface area (Å²) < 4.78 is 0. The Labute approximate surface area is 124 Å². The SMILES string of the molecule is OCc1ccc2ccccc2c1CC(O)c1ccccc1. The van der Waals surface area contributed by atoms with Gasteiger partial charge in [-0.15, -0.1) is 0 Å². The number of hydrogen-bond donors (Lipinski definition) is 2. The van der Waals surface area contributed by atoms with Crippen LogP contribution in [0.1, 0.15) is 22.8 Å². The van der Waals surface area contributed by atoms with E-state index in [0.717, 1.165) is 27.5 Å². The molecule has 0 amide bonds. The van der Waals surface area contributed by atoms with E-state index >= 15 is 0 Å². The molecular weight excluding hydrogens is 260 g/mol. The fraction of sp³-hybridized carbons (Fsp3) is 0.158. The van der Waals surface area contributed by atoms with Gasteiger partial charge in [-0.1, -0.05) is 66.7 Å². The van der Waals surface area contributed by atoms with Crippen LogP contribution in [0.25, 0.3) is 10.8 Å². The van der Waals surface area contributed by atoms with E-state index < -0.39 is 6.10 Å². The summed E-state index contributed by atoms with van der Waals surface area (Å²) in [7, 11) is 0. The van der Waals surface area contributed by atoms with Crippen LogP contribution < -0.4 is 0 Å². The average Bonchev–Trinajstić information content (AvgIpc) is 2.56. The molecule has 2 nitrogen and oxygen atoms in total. The first-order chi connectivity index (χ1) is 10.3. The van der Waals surface area contributed by atoms with Gasteiger partial charge in [-0.3, -0.25) is 0 Å². The molecule has 3 aromatic carbocycles. The molecule has 0 spiro atoms. The normalized spacial score (nSPS) is 12.5. The summed E-state index contributed by atoms with van der Waals surface area (Å²) in [5, 5.41) is 22.3. The molecule has 0 saturated heterocycles. The Bertz CT molecular complexity index is 735. The third-order valence-electron chi connectivity index (χ3n) is 3.89. The van der Waals surface area contributed by atoms with Crippen LogP contribution in [0.2, 0.25) is 0 Å². The van der Waals surface area contributed by atoms with E-state index in [4.69, 9.17) is 0 Å². The molecule has 2 N–H and O–H groups in total. The van der Waals surface area contributed by atoms with Gasteiger partial charge in [0, 0.05) is 6.42 Å². The quantitative estimate of drug-likeness (QED) is 0.765. The van der Waals surface area contributed by atoms with Crippen molar-refractivity contribution in [3.05, 3.63) is 83.4 Å². The Morgan fingerprint density at radius 1 is 0.810 bits per heavy atom. The van der Waals surface area contributed by atoms with Crippen molar-refractivity contribution in [3.63, 3.8) is 0 Å². The van der Waals surface area contributed by atoms with Crippen molar-refractivity contribution >= 4 is 10.8 Å². The van der Waals surface area contributed by atoms with Gasteiger partial charge in [-0.25, -0.2) is 0 Å². The van der Waals surface area contributed by atoms with Crippen molar-refractivity contribution < 1.29 is 10.2 Å². The van der Waals surface area contributed by atoms with Crippen molar-refractivity contribution in [1.82, 2.24) is 0 Å². The number of hydrogen-bond acceptors (Lipinski definition) is 2. The maximum absolute atomic E-state index is 10.5. The molecule has 0 bridgehead atoms. The highest BCUT2D eigenvalue weighted by molar-refractivity contribution is 5.86. The second-order valence-electron chi connectivity index (χ2n) is 5.21. The highest BCUT2D eigenvalue weighted by Gasteiger charge is 2.13. The third kappa shape index (κ3) is 2.82. The first-order valence-electron chi connectivity index (χ1n) is 7.13. The third-order valence-corrected chi connectivity index (χ3v) is 3.89. The molecule has 106 valence electrons. The molecule has 3 rings (SSSR count). The maximum atomic E-state index is 10.5. The molecule has 0 radical (unpaired) electrons. The predicted molar refractivity (Wildman–Crippen MR) is 85.0 cm³/mol. The molecule has 0 heterocycles. The number of aliphatic hydroxyl groups excluding tert-OH is 2. The van der Waals surface area contributed by atoms with Crippen LogP contribution in [0.15, 0.2) is 66.7 Å². The summed E-state index contributed by atoms with van der Waals surface area (Å²) in [6.45, 7) is -0.0122. The van der Waals surface area contributed by atoms with Gasteiger partial charge in [0.05, 0.1) is 12.7 Å². The second kappa shape index (κ2) is 6.08. The Morgan fingerprint density at radius 2 is 1.52 bits per heavy atom. The standard InChI is InChI=1S/C19H18O2/c20-13-16-11-10-14-6-4-5-9-17(14)18(16)12-19(21)15-7-2-1-3-8-15/h1-11,19-21H,12-13H2. The molecule has 21 heavy (non-hydrogen) atoms. The van der Waals surface area contributed by atoms with Crippen molar-refractivity contribution in [3.8, 4) is 0 Å². The van der Waals surface area contributed by atoms with Crippen LogP contribution in [-0.2, 0) is 13.0 Å². The van der Waals surface area contributed by atoms with Gasteiger partial charge in [0.15, 0.2) is 0 Å². The first kappa shape index (κ1) is 13.8. The molecule has 0 fully saturated rings. The molecule has 0 aromatic heterocycles. The number of aliphatic hydroxyl groups is 2. The number of benzene rings is 3. The fourth-order valence-electron chi connectivity index (χ4n) is 2.76. The summed E-state index contributed by atoms with van der Waals surface area (Å²) >= 11 is 0. The molecule has 0 aliphatic heterocycles. The molecule has 3 aromatic rings. The summed E-state index contributed by atoms with van der Waals surface area (Å²) in [6, 6.07) is 21.7. The Hall–Kier alpha value is -2.16. The fourth-order valence-corrected chi connectivity index (χ4v) is 2.76. The van der Waals surface area contributed by atoms with Crippen LogP contribution >= 0.6 is 0 Å². The van der Waals surface area contributed by atoms with Crippen molar-refractivity contribution in [2.45, 2.75) is 19.1 Å². The minimum absolute atomic E-state index is 0.0122. The van der Waals surface area contributed by atoms with E-state index in [1.807, 2.05) is 60.7 Å². The highest BCUT2D eigenvalue weighted by Crippen LogP contribution is 2.27. The zero-order valence-corrected chi connectivity index (χ0v) is 11.7. The largest absolute Gasteiger partial charge is 0.392 e. The monoisotopic (exact) mass is 278 g/mol. The minimum atomic E-state index is -0.567. The number of rotatable bonds is 4. The van der Waals surface area contributed by atoms with E-state index in [1.54, 1.807) is 0 Å². The lowest BCUT2D eigenvalue weighted by Gasteiger charge is -2.16. The van der Waals surface area contributed by atoms with E-state index in [0.29, 0.717) is 6.42 Å². The zero-order chi connectivity index (χ0) is 14.7. The van der Waals surface area contributed by atoms with Crippen molar-refractivity contribution in [2.75, 3.05) is 0 Å².